The van der Waals surface area contributed by atoms with E-state index in [0.29, 0.717) is 19.0 Å². The number of aromatic nitrogens is 1. The topological polar surface area (TPSA) is 45.7 Å². The molecule has 1 atom stereocenters. The molecule has 6 heteroatoms. The maximum absolute atomic E-state index is 14.0. The number of piperidine rings is 1. The summed E-state index contributed by atoms with van der Waals surface area (Å²) in [4.78, 5) is 21.3. The molecule has 1 amide bonds. The van der Waals surface area contributed by atoms with Crippen LogP contribution in [-0.4, -0.2) is 59.6 Å². The van der Waals surface area contributed by atoms with E-state index in [0.717, 1.165) is 63.1 Å². The Hall–Kier alpha value is -2.57. The quantitative estimate of drug-likeness (QED) is 0.582. The van der Waals surface area contributed by atoms with Gasteiger partial charge in [-0.1, -0.05) is 18.2 Å². The predicted molar refractivity (Wildman–Crippen MR) is 123 cm³/mol. The van der Waals surface area contributed by atoms with Gasteiger partial charge in [0.1, 0.15) is 5.82 Å². The molecule has 32 heavy (non-hydrogen) atoms. The van der Waals surface area contributed by atoms with E-state index in [1.54, 1.807) is 24.5 Å². The van der Waals surface area contributed by atoms with Gasteiger partial charge in [-0.15, -0.1) is 0 Å². The van der Waals surface area contributed by atoms with Gasteiger partial charge in [0.05, 0.1) is 6.10 Å². The number of halogens is 1. The second-order valence-electron chi connectivity index (χ2n) is 8.80. The lowest BCUT2D eigenvalue weighted by atomic mass is 9.95. The molecule has 0 saturated carbocycles. The van der Waals surface area contributed by atoms with Crippen molar-refractivity contribution in [3.8, 4) is 0 Å². The van der Waals surface area contributed by atoms with Crippen LogP contribution in [0.25, 0.3) is 6.08 Å². The number of carbonyl (C=O) groups is 1. The van der Waals surface area contributed by atoms with Crippen molar-refractivity contribution in [3.05, 3.63) is 71.8 Å². The highest BCUT2D eigenvalue weighted by Crippen LogP contribution is 2.22. The molecule has 3 heterocycles. The van der Waals surface area contributed by atoms with Gasteiger partial charge in [-0.25, -0.2) is 4.39 Å². The average Bonchev–Trinajstić information content (AvgIpc) is 3.34. The molecule has 0 aliphatic carbocycles. The summed E-state index contributed by atoms with van der Waals surface area (Å²) in [5.74, 6) is 0.349. The van der Waals surface area contributed by atoms with Gasteiger partial charge in [-0.2, -0.15) is 0 Å². The van der Waals surface area contributed by atoms with Gasteiger partial charge >= 0.3 is 0 Å². The molecule has 2 aromatic rings. The first-order chi connectivity index (χ1) is 15.7. The minimum atomic E-state index is -0.135. The smallest absolute Gasteiger partial charge is 0.246 e. The van der Waals surface area contributed by atoms with Gasteiger partial charge in [0.2, 0.25) is 5.91 Å². The first-order valence-electron chi connectivity index (χ1n) is 11.6. The van der Waals surface area contributed by atoms with Crippen molar-refractivity contribution in [2.75, 3.05) is 32.8 Å². The van der Waals surface area contributed by atoms with E-state index in [1.807, 2.05) is 35.2 Å². The molecular weight excluding hydrogens is 405 g/mol. The molecule has 0 N–H and O–H groups in total. The summed E-state index contributed by atoms with van der Waals surface area (Å²) < 4.78 is 19.8. The highest BCUT2D eigenvalue weighted by Gasteiger charge is 2.26. The molecule has 0 bridgehead atoms. The van der Waals surface area contributed by atoms with E-state index in [-0.39, 0.29) is 17.8 Å². The first-order valence-corrected chi connectivity index (χ1v) is 11.6. The lowest BCUT2D eigenvalue weighted by molar-refractivity contribution is -0.128. The van der Waals surface area contributed by atoms with Crippen LogP contribution in [0, 0.1) is 11.7 Å². The summed E-state index contributed by atoms with van der Waals surface area (Å²) in [6, 6.07) is 10.8. The Morgan fingerprint density at radius 3 is 2.62 bits per heavy atom. The minimum Gasteiger partial charge on any atom is -0.376 e. The fraction of sp³-hybridized carbons (Fsp3) is 0.462. The second kappa shape index (κ2) is 11.3. The van der Waals surface area contributed by atoms with E-state index in [4.69, 9.17) is 4.74 Å². The second-order valence-corrected chi connectivity index (χ2v) is 8.80. The zero-order valence-electron chi connectivity index (χ0n) is 18.5. The fourth-order valence-electron chi connectivity index (χ4n) is 4.54. The maximum atomic E-state index is 14.0. The van der Waals surface area contributed by atoms with Crippen molar-refractivity contribution in [1.29, 1.82) is 0 Å². The molecule has 0 spiro atoms. The Bertz CT molecular complexity index is 891. The number of hydrogen-bond donors (Lipinski definition) is 0. The highest BCUT2D eigenvalue weighted by atomic mass is 19.1. The van der Waals surface area contributed by atoms with Crippen molar-refractivity contribution < 1.29 is 13.9 Å². The van der Waals surface area contributed by atoms with E-state index in [9.17, 15) is 9.18 Å². The Morgan fingerprint density at radius 1 is 1.12 bits per heavy atom. The molecule has 2 fully saturated rings. The molecule has 2 aliphatic heterocycles. The predicted octanol–water partition coefficient (Wildman–Crippen LogP) is 4.15. The molecular formula is C26H32FN3O2. The van der Waals surface area contributed by atoms with Crippen LogP contribution in [-0.2, 0) is 16.1 Å². The average molecular weight is 438 g/mol. The van der Waals surface area contributed by atoms with Gasteiger partial charge in [0.25, 0.3) is 0 Å². The van der Waals surface area contributed by atoms with Crippen LogP contribution in [0.1, 0.15) is 36.8 Å². The van der Waals surface area contributed by atoms with Crippen LogP contribution < -0.4 is 0 Å². The standard InChI is InChI=1S/C26H32FN3O2/c27-25-6-2-1-4-23(25)19-29-15-11-22(12-16-29)18-30(20-24-5-3-17-32-24)26(31)8-7-21-9-13-28-14-10-21/h1-2,4,6-10,13-14,22,24H,3,5,11-12,15-20H2/b8-7+. The van der Waals surface area contributed by atoms with E-state index >= 15 is 0 Å². The third kappa shape index (κ3) is 6.47. The van der Waals surface area contributed by atoms with Gasteiger partial charge < -0.3 is 9.64 Å². The van der Waals surface area contributed by atoms with E-state index in [1.165, 1.54) is 6.07 Å². The summed E-state index contributed by atoms with van der Waals surface area (Å²) in [5, 5.41) is 0. The van der Waals surface area contributed by atoms with E-state index < -0.39 is 0 Å². The Labute approximate surface area is 189 Å². The number of carbonyl (C=O) groups excluding carboxylic acids is 1. The number of benzene rings is 1. The number of likely N-dealkylation sites (tertiary alicyclic amines) is 1. The molecule has 2 aliphatic rings. The van der Waals surface area contributed by atoms with Crippen LogP contribution in [0.15, 0.2) is 54.9 Å². The van der Waals surface area contributed by atoms with Gasteiger partial charge in [0.15, 0.2) is 0 Å². The molecule has 1 unspecified atom stereocenters. The van der Waals surface area contributed by atoms with Crippen molar-refractivity contribution >= 4 is 12.0 Å². The summed E-state index contributed by atoms with van der Waals surface area (Å²) in [5.41, 5.74) is 1.72. The molecule has 2 saturated heterocycles. The first kappa shape index (κ1) is 22.6. The van der Waals surface area contributed by atoms with Gasteiger partial charge in [-0.05, 0) is 74.5 Å². The van der Waals surface area contributed by atoms with Crippen molar-refractivity contribution in [2.45, 2.75) is 38.3 Å². The number of ether oxygens (including phenoxy) is 1. The van der Waals surface area contributed by atoms with Crippen LogP contribution in [0.3, 0.4) is 0 Å². The third-order valence-corrected chi connectivity index (χ3v) is 6.42. The summed E-state index contributed by atoms with van der Waals surface area (Å²) >= 11 is 0. The third-order valence-electron chi connectivity index (χ3n) is 6.42. The Kier molecular flexibility index (Phi) is 8.02. The monoisotopic (exact) mass is 437 g/mol. The summed E-state index contributed by atoms with van der Waals surface area (Å²) in [7, 11) is 0. The highest BCUT2D eigenvalue weighted by molar-refractivity contribution is 5.91. The van der Waals surface area contributed by atoms with Crippen LogP contribution in [0.2, 0.25) is 0 Å². The van der Waals surface area contributed by atoms with Crippen LogP contribution >= 0.6 is 0 Å². The summed E-state index contributed by atoms with van der Waals surface area (Å²) in [6.45, 7) is 4.67. The zero-order chi connectivity index (χ0) is 22.2. The molecule has 4 rings (SSSR count). The van der Waals surface area contributed by atoms with E-state index in [2.05, 4.69) is 9.88 Å². The normalized spacial score (nSPS) is 20.1. The molecule has 1 aromatic carbocycles. The SMILES string of the molecule is O=C(/C=C/c1ccncc1)N(CC1CCN(Cc2ccccc2F)CC1)CC1CCCO1. The van der Waals surface area contributed by atoms with Crippen molar-refractivity contribution in [1.82, 2.24) is 14.8 Å². The van der Waals surface area contributed by atoms with Crippen LogP contribution in [0.4, 0.5) is 4.39 Å². The minimum absolute atomic E-state index is 0.0334. The number of amides is 1. The van der Waals surface area contributed by atoms with Gasteiger partial charge in [-0.3, -0.25) is 14.7 Å². The summed E-state index contributed by atoms with van der Waals surface area (Å²) in [6.07, 6.45) is 11.2. The lowest BCUT2D eigenvalue weighted by Crippen LogP contribution is -2.43. The van der Waals surface area contributed by atoms with Crippen LogP contribution in [0.5, 0.6) is 0 Å². The van der Waals surface area contributed by atoms with Crippen molar-refractivity contribution in [2.24, 2.45) is 5.92 Å². The largest absolute Gasteiger partial charge is 0.376 e. The van der Waals surface area contributed by atoms with Gasteiger partial charge in [0, 0.05) is 50.3 Å². The fourth-order valence-corrected chi connectivity index (χ4v) is 4.54. The number of pyridine rings is 1. The molecule has 170 valence electrons. The van der Waals surface area contributed by atoms with Crippen molar-refractivity contribution in [3.63, 3.8) is 0 Å². The number of nitrogens with zero attached hydrogens (tertiary/aromatic N) is 3. The molecule has 5 nitrogen and oxygen atoms in total. The maximum Gasteiger partial charge on any atom is 0.246 e. The molecule has 1 aromatic heterocycles. The number of rotatable bonds is 8. The number of hydrogen-bond acceptors (Lipinski definition) is 4. The Balaban J connectivity index is 1.33. The zero-order valence-corrected chi connectivity index (χ0v) is 18.5. The molecule has 0 radical (unpaired) electrons. The lowest BCUT2D eigenvalue weighted by Gasteiger charge is -2.35. The Morgan fingerprint density at radius 2 is 1.91 bits per heavy atom.